The van der Waals surface area contributed by atoms with Gasteiger partial charge < -0.3 is 14.9 Å². The van der Waals surface area contributed by atoms with Gasteiger partial charge in [-0.05, 0) is 55.9 Å². The lowest BCUT2D eigenvalue weighted by atomic mass is 9.75. The second-order valence-corrected chi connectivity index (χ2v) is 7.73. The molecule has 0 aromatic heterocycles. The molecule has 1 aromatic rings. The topological polar surface area (TPSA) is 66.8 Å². The van der Waals surface area contributed by atoms with E-state index in [4.69, 9.17) is 9.84 Å². The van der Waals surface area contributed by atoms with Crippen molar-refractivity contribution < 1.29 is 19.7 Å². The van der Waals surface area contributed by atoms with Crippen LogP contribution in [-0.2, 0) is 16.0 Å². The van der Waals surface area contributed by atoms with E-state index in [0.717, 1.165) is 32.1 Å². The minimum absolute atomic E-state index is 0.0590. The molecule has 3 rings (SSSR count). The Kier molecular flexibility index (Phi) is 7.25. The number of fused-ring (bicyclic) bond motifs is 2. The molecule has 0 aliphatic carbocycles. The van der Waals surface area contributed by atoms with E-state index in [1.807, 2.05) is 24.3 Å². The van der Waals surface area contributed by atoms with Crippen molar-refractivity contribution in [3.8, 4) is 0 Å². The molecule has 0 spiro atoms. The number of hydrogen-bond donors (Lipinski definition) is 2. The molecule has 0 saturated carbocycles. The molecule has 146 valence electrons. The lowest BCUT2D eigenvalue weighted by Gasteiger charge is -2.28. The highest BCUT2D eigenvalue weighted by Crippen LogP contribution is 2.47. The van der Waals surface area contributed by atoms with Crippen LogP contribution >= 0.6 is 0 Å². The fraction of sp³-hybridized carbons (Fsp3) is 0.522. The number of aliphatic hydroxyl groups is 1. The molecular formula is C23H30O4. The molecule has 0 radical (unpaired) electrons. The SMILES string of the molecule is O=C(O)CC=CC=CC[C@H]1[C@@H](CCC(O)Cc2ccccc2)[C@H]2CC[C@@H]1O2. The minimum Gasteiger partial charge on any atom is -0.481 e. The maximum absolute atomic E-state index is 10.5. The van der Waals surface area contributed by atoms with Crippen molar-refractivity contribution in [2.75, 3.05) is 0 Å². The molecule has 2 fully saturated rings. The summed E-state index contributed by atoms with van der Waals surface area (Å²) in [6.07, 6.45) is 13.7. The minimum atomic E-state index is -0.810. The zero-order valence-corrected chi connectivity index (χ0v) is 15.7. The Bertz CT molecular complexity index is 652. The standard InChI is InChI=1S/C23H30O4/c24-18(16-17-8-4-3-5-9-17)12-13-20-19(21-14-15-22(20)27-21)10-6-1-2-7-11-23(25)26/h1-9,18-22,24H,10-16H2,(H,25,26)/t18?,19-,20+,21-,22+/m0/s1. The van der Waals surface area contributed by atoms with Crippen molar-refractivity contribution in [3.05, 3.63) is 60.2 Å². The summed E-state index contributed by atoms with van der Waals surface area (Å²) in [7, 11) is 0. The normalized spacial score (nSPS) is 28.3. The van der Waals surface area contributed by atoms with Gasteiger partial charge in [-0.25, -0.2) is 0 Å². The monoisotopic (exact) mass is 370 g/mol. The molecule has 0 amide bonds. The van der Waals surface area contributed by atoms with Crippen LogP contribution in [0.3, 0.4) is 0 Å². The first-order chi connectivity index (χ1) is 13.1. The highest BCUT2D eigenvalue weighted by Gasteiger charge is 2.47. The fourth-order valence-corrected chi connectivity index (χ4v) is 4.53. The molecule has 2 aliphatic rings. The Morgan fingerprint density at radius 1 is 1.11 bits per heavy atom. The lowest BCUT2D eigenvalue weighted by Crippen LogP contribution is -2.28. The van der Waals surface area contributed by atoms with Gasteiger partial charge in [-0.2, -0.15) is 0 Å². The molecule has 4 nitrogen and oxygen atoms in total. The number of aliphatic hydroxyl groups excluding tert-OH is 1. The molecule has 5 atom stereocenters. The molecule has 1 aromatic carbocycles. The Morgan fingerprint density at radius 2 is 1.81 bits per heavy atom. The van der Waals surface area contributed by atoms with Crippen molar-refractivity contribution in [2.45, 2.75) is 63.3 Å². The second kappa shape index (κ2) is 9.86. The van der Waals surface area contributed by atoms with Crippen LogP contribution in [0.5, 0.6) is 0 Å². The fourth-order valence-electron chi connectivity index (χ4n) is 4.53. The maximum Gasteiger partial charge on any atom is 0.307 e. The summed E-state index contributed by atoms with van der Waals surface area (Å²) in [5.41, 5.74) is 1.18. The summed E-state index contributed by atoms with van der Waals surface area (Å²) in [5, 5.41) is 19.1. The largest absolute Gasteiger partial charge is 0.481 e. The summed E-state index contributed by atoms with van der Waals surface area (Å²) in [6, 6.07) is 10.2. The van der Waals surface area contributed by atoms with Crippen LogP contribution in [0.15, 0.2) is 54.6 Å². The zero-order chi connectivity index (χ0) is 19.1. The summed E-state index contributed by atoms with van der Waals surface area (Å²) in [5.74, 6) is 0.217. The van der Waals surface area contributed by atoms with Gasteiger partial charge >= 0.3 is 5.97 Å². The first-order valence-corrected chi connectivity index (χ1v) is 10.0. The van der Waals surface area contributed by atoms with E-state index >= 15 is 0 Å². The van der Waals surface area contributed by atoms with E-state index < -0.39 is 5.97 Å². The first kappa shape index (κ1) is 19.8. The Hall–Kier alpha value is -1.91. The predicted octanol–water partition coefficient (Wildman–Crippen LogP) is 4.14. The smallest absolute Gasteiger partial charge is 0.307 e. The Balaban J connectivity index is 1.47. The van der Waals surface area contributed by atoms with Gasteiger partial charge in [-0.1, -0.05) is 54.6 Å². The van der Waals surface area contributed by atoms with Crippen LogP contribution < -0.4 is 0 Å². The molecule has 2 aliphatic heterocycles. The zero-order valence-electron chi connectivity index (χ0n) is 15.7. The third kappa shape index (κ3) is 5.78. The van der Waals surface area contributed by atoms with Gasteiger partial charge in [-0.3, -0.25) is 4.79 Å². The Labute approximate surface area is 161 Å². The van der Waals surface area contributed by atoms with E-state index in [2.05, 4.69) is 18.2 Å². The van der Waals surface area contributed by atoms with Gasteiger partial charge in [0.25, 0.3) is 0 Å². The predicted molar refractivity (Wildman–Crippen MR) is 105 cm³/mol. The van der Waals surface area contributed by atoms with Crippen LogP contribution in [0.25, 0.3) is 0 Å². The maximum atomic E-state index is 10.5. The molecule has 4 heteroatoms. The van der Waals surface area contributed by atoms with Crippen LogP contribution in [-0.4, -0.2) is 34.5 Å². The van der Waals surface area contributed by atoms with Crippen LogP contribution in [0.2, 0.25) is 0 Å². The molecule has 2 N–H and O–H groups in total. The average Bonchev–Trinajstić information content (AvgIpc) is 3.25. The third-order valence-electron chi connectivity index (χ3n) is 5.82. The van der Waals surface area contributed by atoms with Gasteiger partial charge in [-0.15, -0.1) is 0 Å². The Morgan fingerprint density at radius 3 is 2.56 bits per heavy atom. The van der Waals surface area contributed by atoms with Crippen molar-refractivity contribution in [1.82, 2.24) is 0 Å². The number of carbonyl (C=O) groups is 1. The number of benzene rings is 1. The molecule has 2 heterocycles. The number of carboxylic acid groups (broad SMARTS) is 1. The summed E-state index contributed by atoms with van der Waals surface area (Å²) in [6.45, 7) is 0. The number of ether oxygens (including phenoxy) is 1. The van der Waals surface area contributed by atoms with Crippen molar-refractivity contribution in [1.29, 1.82) is 0 Å². The molecule has 1 unspecified atom stereocenters. The number of rotatable bonds is 10. The van der Waals surface area contributed by atoms with E-state index in [9.17, 15) is 9.90 Å². The van der Waals surface area contributed by atoms with Crippen LogP contribution in [0, 0.1) is 11.8 Å². The van der Waals surface area contributed by atoms with Crippen LogP contribution in [0.4, 0.5) is 0 Å². The van der Waals surface area contributed by atoms with E-state index in [-0.39, 0.29) is 12.5 Å². The van der Waals surface area contributed by atoms with Gasteiger partial charge in [0.05, 0.1) is 24.7 Å². The van der Waals surface area contributed by atoms with Gasteiger partial charge in [0.15, 0.2) is 0 Å². The quantitative estimate of drug-likeness (QED) is 0.608. The van der Waals surface area contributed by atoms with E-state index in [1.54, 1.807) is 12.2 Å². The van der Waals surface area contributed by atoms with Gasteiger partial charge in [0.1, 0.15) is 0 Å². The van der Waals surface area contributed by atoms with Crippen molar-refractivity contribution in [2.24, 2.45) is 11.8 Å². The van der Waals surface area contributed by atoms with Gasteiger partial charge in [0, 0.05) is 0 Å². The summed E-state index contributed by atoms with van der Waals surface area (Å²) in [4.78, 5) is 10.5. The van der Waals surface area contributed by atoms with Crippen LogP contribution in [0.1, 0.15) is 44.1 Å². The third-order valence-corrected chi connectivity index (χ3v) is 5.82. The summed E-state index contributed by atoms with van der Waals surface area (Å²) >= 11 is 0. The molecule has 27 heavy (non-hydrogen) atoms. The number of allylic oxidation sites excluding steroid dienone is 3. The van der Waals surface area contributed by atoms with Crippen molar-refractivity contribution >= 4 is 5.97 Å². The molecule has 2 bridgehead atoms. The molecule has 2 saturated heterocycles. The van der Waals surface area contributed by atoms with E-state index in [1.165, 1.54) is 5.56 Å². The van der Waals surface area contributed by atoms with Crippen molar-refractivity contribution in [3.63, 3.8) is 0 Å². The highest BCUT2D eigenvalue weighted by molar-refractivity contribution is 5.68. The average molecular weight is 370 g/mol. The number of aliphatic carboxylic acids is 1. The highest BCUT2D eigenvalue weighted by atomic mass is 16.5. The second-order valence-electron chi connectivity index (χ2n) is 7.73. The van der Waals surface area contributed by atoms with Gasteiger partial charge in [0.2, 0.25) is 0 Å². The first-order valence-electron chi connectivity index (χ1n) is 10.0. The number of carboxylic acids is 1. The molecular weight excluding hydrogens is 340 g/mol. The van der Waals surface area contributed by atoms with E-state index in [0.29, 0.717) is 30.5 Å². The lowest BCUT2D eigenvalue weighted by molar-refractivity contribution is -0.136. The summed E-state index contributed by atoms with van der Waals surface area (Å²) < 4.78 is 6.15. The number of hydrogen-bond acceptors (Lipinski definition) is 3.